The van der Waals surface area contributed by atoms with Crippen LogP contribution in [0.5, 0.6) is 0 Å². The molecule has 0 aromatic heterocycles. The van der Waals surface area contributed by atoms with Crippen molar-refractivity contribution in [2.75, 3.05) is 17.8 Å². The van der Waals surface area contributed by atoms with Crippen LogP contribution in [0.3, 0.4) is 0 Å². The van der Waals surface area contributed by atoms with E-state index in [4.69, 9.17) is 0 Å². The fourth-order valence-corrected chi connectivity index (χ4v) is 2.65. The van der Waals surface area contributed by atoms with Gasteiger partial charge >= 0.3 is 0 Å². The van der Waals surface area contributed by atoms with Gasteiger partial charge in [0.05, 0.1) is 0 Å². The number of hydrogen-bond acceptors (Lipinski definition) is 3. The van der Waals surface area contributed by atoms with Crippen LogP contribution in [-0.2, 0) is 0 Å². The first kappa shape index (κ1) is 13.1. The molecule has 15 heavy (non-hydrogen) atoms. The van der Waals surface area contributed by atoms with Crippen molar-refractivity contribution in [2.24, 2.45) is 0 Å². The van der Waals surface area contributed by atoms with E-state index in [0.29, 0.717) is 6.42 Å². The molecule has 1 nitrogen and oxygen atoms in total. The Balaban J connectivity index is 3.05. The van der Waals surface area contributed by atoms with Gasteiger partial charge in [0.15, 0.2) is 5.78 Å². The first-order valence-corrected chi connectivity index (χ1v) is 8.11. The van der Waals surface area contributed by atoms with Gasteiger partial charge in [-0.3, -0.25) is 4.79 Å². The van der Waals surface area contributed by atoms with Crippen LogP contribution in [0.4, 0.5) is 0 Å². The van der Waals surface area contributed by atoms with Gasteiger partial charge in [-0.25, -0.2) is 0 Å². The molecule has 0 aliphatic rings. The number of Topliss-reactive ketones (excluding diaryl/α,β-unsaturated/α-hetero) is 1. The smallest absolute Gasteiger partial charge is 0.164 e. The van der Waals surface area contributed by atoms with E-state index in [1.165, 1.54) is 0 Å². The molecule has 0 spiro atoms. The molecule has 1 aromatic rings. The van der Waals surface area contributed by atoms with Gasteiger partial charge in [-0.05, 0) is 30.7 Å². The summed E-state index contributed by atoms with van der Waals surface area (Å²) in [7, 11) is 0. The van der Waals surface area contributed by atoms with Gasteiger partial charge < -0.3 is 0 Å². The molecule has 0 bridgehead atoms. The van der Waals surface area contributed by atoms with Crippen LogP contribution in [0.1, 0.15) is 16.8 Å². The van der Waals surface area contributed by atoms with Crippen molar-refractivity contribution in [1.29, 1.82) is 0 Å². The molecule has 0 amide bonds. The number of ketones is 1. The third-order valence-electron chi connectivity index (χ3n) is 2.03. The Morgan fingerprint density at radius 1 is 1.33 bits per heavy atom. The van der Waals surface area contributed by atoms with E-state index in [-0.39, 0.29) is 5.78 Å². The molecule has 4 heteroatoms. The summed E-state index contributed by atoms with van der Waals surface area (Å²) in [6, 6.07) is 6.07. The monoisotopic (exact) mass is 304 g/mol. The maximum atomic E-state index is 11.8. The Bertz CT molecular complexity index is 352. The Morgan fingerprint density at radius 2 is 2.07 bits per heavy atom. The third kappa shape index (κ3) is 3.54. The van der Waals surface area contributed by atoms with Crippen LogP contribution in [-0.4, -0.2) is 23.6 Å². The largest absolute Gasteiger partial charge is 0.294 e. The van der Waals surface area contributed by atoms with Crippen molar-refractivity contribution in [1.82, 2.24) is 0 Å². The lowest BCUT2D eigenvalue weighted by molar-refractivity contribution is 0.0987. The molecule has 1 rings (SSSR count). The van der Waals surface area contributed by atoms with Gasteiger partial charge in [-0.2, -0.15) is 0 Å². The molecule has 0 fully saturated rings. The van der Waals surface area contributed by atoms with Crippen molar-refractivity contribution in [3.63, 3.8) is 0 Å². The first-order valence-electron chi connectivity index (χ1n) is 4.54. The molecule has 0 unspecified atom stereocenters. The minimum Gasteiger partial charge on any atom is -0.294 e. The quantitative estimate of drug-likeness (QED) is 0.463. The zero-order valence-corrected chi connectivity index (χ0v) is 12.0. The molecular weight excluding hydrogens is 292 g/mol. The van der Waals surface area contributed by atoms with E-state index in [2.05, 4.69) is 22.0 Å². The van der Waals surface area contributed by atoms with E-state index in [1.807, 2.05) is 24.6 Å². The van der Waals surface area contributed by atoms with Gasteiger partial charge in [0.1, 0.15) is 0 Å². The number of carbonyl (C=O) groups is 1. The Labute approximate surface area is 108 Å². The molecule has 0 aliphatic heterocycles. The maximum Gasteiger partial charge on any atom is 0.164 e. The number of thioether (sulfide) groups is 2. The second-order valence-electron chi connectivity index (χ2n) is 2.93. The van der Waals surface area contributed by atoms with Crippen LogP contribution >= 0.6 is 39.5 Å². The lowest BCUT2D eigenvalue weighted by Gasteiger charge is -2.07. The highest BCUT2D eigenvalue weighted by Crippen LogP contribution is 2.26. The van der Waals surface area contributed by atoms with E-state index < -0.39 is 0 Å². The summed E-state index contributed by atoms with van der Waals surface area (Å²) in [6.45, 7) is 0. The number of halogens is 1. The normalized spacial score (nSPS) is 10.3. The van der Waals surface area contributed by atoms with Gasteiger partial charge in [0, 0.05) is 27.1 Å². The second-order valence-corrected chi connectivity index (χ2v) is 5.45. The van der Waals surface area contributed by atoms with Gasteiger partial charge in [-0.15, -0.1) is 23.5 Å². The Hall–Kier alpha value is 0.0700. The molecule has 0 saturated heterocycles. The highest BCUT2D eigenvalue weighted by molar-refractivity contribution is 9.09. The number of alkyl halides is 1. The number of rotatable bonds is 5. The molecule has 82 valence electrons. The molecular formula is C11H13BrOS2. The van der Waals surface area contributed by atoms with Crippen LogP contribution in [0.2, 0.25) is 0 Å². The van der Waals surface area contributed by atoms with Gasteiger partial charge in [0.2, 0.25) is 0 Å². The minimum atomic E-state index is 0.215. The van der Waals surface area contributed by atoms with Gasteiger partial charge in [0.25, 0.3) is 0 Å². The van der Waals surface area contributed by atoms with E-state index in [9.17, 15) is 4.79 Å². The van der Waals surface area contributed by atoms with Crippen molar-refractivity contribution >= 4 is 45.2 Å². The Kier molecular flexibility index (Phi) is 5.79. The molecule has 0 saturated carbocycles. The van der Waals surface area contributed by atoms with E-state index in [1.54, 1.807) is 23.5 Å². The number of hydrogen-bond donors (Lipinski definition) is 0. The summed E-state index contributed by atoms with van der Waals surface area (Å²) in [4.78, 5) is 14.1. The van der Waals surface area contributed by atoms with Crippen LogP contribution in [0, 0.1) is 0 Å². The lowest BCUT2D eigenvalue weighted by Crippen LogP contribution is -2.01. The predicted molar refractivity (Wildman–Crippen MR) is 72.7 cm³/mol. The van der Waals surface area contributed by atoms with Crippen LogP contribution in [0.25, 0.3) is 0 Å². The van der Waals surface area contributed by atoms with Crippen LogP contribution in [0.15, 0.2) is 28.0 Å². The fraction of sp³-hybridized carbons (Fsp3) is 0.364. The molecule has 0 atom stereocenters. The molecule has 1 aromatic carbocycles. The highest BCUT2D eigenvalue weighted by atomic mass is 79.9. The van der Waals surface area contributed by atoms with Gasteiger partial charge in [-0.1, -0.05) is 15.9 Å². The lowest BCUT2D eigenvalue weighted by atomic mass is 10.1. The average Bonchev–Trinajstić information content (AvgIpc) is 2.28. The van der Waals surface area contributed by atoms with Crippen molar-refractivity contribution < 1.29 is 4.79 Å². The Morgan fingerprint density at radius 3 is 2.60 bits per heavy atom. The van der Waals surface area contributed by atoms with E-state index in [0.717, 1.165) is 20.7 Å². The number of benzene rings is 1. The standard InChI is InChI=1S/C11H13BrOS2/c1-14-8-3-4-11(15-2)9(7-8)10(13)5-6-12/h3-4,7H,5-6H2,1-2H3. The van der Waals surface area contributed by atoms with Crippen LogP contribution < -0.4 is 0 Å². The summed E-state index contributed by atoms with van der Waals surface area (Å²) in [5.74, 6) is 0.215. The van der Waals surface area contributed by atoms with Crippen molar-refractivity contribution in [3.8, 4) is 0 Å². The summed E-state index contributed by atoms with van der Waals surface area (Å²) >= 11 is 6.58. The van der Waals surface area contributed by atoms with Crippen molar-refractivity contribution in [3.05, 3.63) is 23.8 Å². The zero-order chi connectivity index (χ0) is 11.3. The zero-order valence-electron chi connectivity index (χ0n) is 8.75. The molecule has 0 aliphatic carbocycles. The second kappa shape index (κ2) is 6.61. The molecule has 0 radical (unpaired) electrons. The summed E-state index contributed by atoms with van der Waals surface area (Å²) in [5, 5.41) is 0.725. The third-order valence-corrected chi connectivity index (χ3v) is 3.95. The first-order chi connectivity index (χ1) is 7.22. The number of carbonyl (C=O) groups excluding carboxylic acids is 1. The molecule has 0 heterocycles. The summed E-state index contributed by atoms with van der Waals surface area (Å²) < 4.78 is 0. The highest BCUT2D eigenvalue weighted by Gasteiger charge is 2.10. The summed E-state index contributed by atoms with van der Waals surface area (Å²) in [6.07, 6.45) is 4.58. The maximum absolute atomic E-state index is 11.8. The summed E-state index contributed by atoms with van der Waals surface area (Å²) in [5.41, 5.74) is 0.855. The molecule has 0 N–H and O–H groups in total. The average molecular weight is 305 g/mol. The van der Waals surface area contributed by atoms with E-state index >= 15 is 0 Å². The minimum absolute atomic E-state index is 0.215. The SMILES string of the molecule is CSc1ccc(SC)c(C(=O)CCBr)c1. The van der Waals surface area contributed by atoms with Crippen molar-refractivity contribution in [2.45, 2.75) is 16.2 Å². The fourth-order valence-electron chi connectivity index (χ4n) is 1.25. The topological polar surface area (TPSA) is 17.1 Å². The predicted octanol–water partition coefficient (Wildman–Crippen LogP) is 4.10.